The van der Waals surface area contributed by atoms with Gasteiger partial charge in [-0.1, -0.05) is 25.6 Å². The van der Waals surface area contributed by atoms with Gasteiger partial charge in [-0.3, -0.25) is 9.63 Å². The zero-order valence-corrected chi connectivity index (χ0v) is 26.9. The third kappa shape index (κ3) is 8.49. The summed E-state index contributed by atoms with van der Waals surface area (Å²) in [4.78, 5) is 44.1. The lowest BCUT2D eigenvalue weighted by Gasteiger charge is -2.26. The minimum Gasteiger partial charge on any atom is -0.494 e. The standard InChI is InChI=1S/C33H43N7O5/c1-8-22(3)45-33(42)24-12-10-11-23(17-24)27-13-16-44-40(27)31-20-30(34-21-35-31)36-26-18-25(37-32(41)9-2)28(19-29(26)43-7)39(6)15-14-38(4)5/h9-12,17-22,27H,2,8,13-16H2,1,3-7H3,(H,37,41)(H,34,35,36)/t22?,27-/m1/s1. The Morgan fingerprint density at radius 1 is 1.16 bits per heavy atom. The van der Waals surface area contributed by atoms with Gasteiger partial charge in [0.05, 0.1) is 48.5 Å². The molecule has 1 saturated heterocycles. The van der Waals surface area contributed by atoms with Crippen molar-refractivity contribution in [3.8, 4) is 5.75 Å². The highest BCUT2D eigenvalue weighted by molar-refractivity contribution is 6.02. The summed E-state index contributed by atoms with van der Waals surface area (Å²) in [5.41, 5.74) is 3.39. The number of amides is 1. The summed E-state index contributed by atoms with van der Waals surface area (Å²) in [5.74, 6) is 0.926. The molecule has 0 radical (unpaired) electrons. The molecule has 0 spiro atoms. The molecule has 1 aliphatic rings. The Balaban J connectivity index is 1.60. The van der Waals surface area contributed by atoms with E-state index in [1.165, 1.54) is 12.4 Å². The topological polar surface area (TPSA) is 121 Å². The van der Waals surface area contributed by atoms with E-state index in [0.717, 1.165) is 30.8 Å². The number of likely N-dealkylation sites (N-methyl/N-ethyl adjacent to an activating group) is 2. The Morgan fingerprint density at radius 2 is 1.96 bits per heavy atom. The van der Waals surface area contributed by atoms with Crippen LogP contribution in [0.4, 0.5) is 28.7 Å². The van der Waals surface area contributed by atoms with Gasteiger partial charge in [-0.25, -0.2) is 19.8 Å². The molecule has 0 saturated carbocycles. The Bertz CT molecular complexity index is 1500. The normalized spacial score (nSPS) is 15.0. The van der Waals surface area contributed by atoms with Crippen LogP contribution < -0.4 is 25.3 Å². The van der Waals surface area contributed by atoms with Crippen LogP contribution in [0.25, 0.3) is 0 Å². The average molecular weight is 618 g/mol. The molecule has 4 rings (SSSR count). The molecule has 2 atom stereocenters. The van der Waals surface area contributed by atoms with E-state index < -0.39 is 0 Å². The minimum atomic E-state index is -0.349. The number of esters is 1. The van der Waals surface area contributed by atoms with E-state index in [1.807, 2.05) is 65.3 Å². The molecule has 1 aliphatic heterocycles. The molecule has 0 aliphatic carbocycles. The van der Waals surface area contributed by atoms with Crippen LogP contribution in [-0.2, 0) is 14.4 Å². The van der Waals surface area contributed by atoms with E-state index in [2.05, 4.69) is 37.0 Å². The molecule has 3 aromatic rings. The predicted octanol–water partition coefficient (Wildman–Crippen LogP) is 5.19. The van der Waals surface area contributed by atoms with Gasteiger partial charge < -0.3 is 29.9 Å². The number of carbonyl (C=O) groups is 2. The Labute approximate surface area is 264 Å². The lowest BCUT2D eigenvalue weighted by molar-refractivity contribution is -0.111. The van der Waals surface area contributed by atoms with Crippen LogP contribution in [0.15, 0.2) is 61.4 Å². The average Bonchev–Trinajstić information content (AvgIpc) is 3.54. The molecular weight excluding hydrogens is 574 g/mol. The van der Waals surface area contributed by atoms with Gasteiger partial charge in [0.2, 0.25) is 5.91 Å². The number of rotatable bonds is 14. The van der Waals surface area contributed by atoms with E-state index in [9.17, 15) is 9.59 Å². The number of aromatic nitrogens is 2. The maximum atomic E-state index is 12.7. The number of benzene rings is 2. The van der Waals surface area contributed by atoms with Crippen molar-refractivity contribution in [2.75, 3.05) is 68.5 Å². The van der Waals surface area contributed by atoms with E-state index >= 15 is 0 Å². The molecule has 240 valence electrons. The maximum absolute atomic E-state index is 12.7. The molecule has 45 heavy (non-hydrogen) atoms. The highest BCUT2D eigenvalue weighted by atomic mass is 16.7. The molecule has 1 aromatic heterocycles. The summed E-state index contributed by atoms with van der Waals surface area (Å²) >= 11 is 0. The van der Waals surface area contributed by atoms with Crippen LogP contribution in [0, 0.1) is 0 Å². The van der Waals surface area contributed by atoms with E-state index in [0.29, 0.717) is 47.4 Å². The maximum Gasteiger partial charge on any atom is 0.338 e. The first kappa shape index (κ1) is 33.2. The number of methoxy groups -OCH3 is 1. The summed E-state index contributed by atoms with van der Waals surface area (Å²) < 4.78 is 11.3. The quantitative estimate of drug-likeness (QED) is 0.184. The zero-order valence-electron chi connectivity index (χ0n) is 26.9. The highest BCUT2D eigenvalue weighted by Crippen LogP contribution is 2.39. The summed E-state index contributed by atoms with van der Waals surface area (Å²) in [5, 5.41) is 7.96. The zero-order chi connectivity index (χ0) is 32.5. The van der Waals surface area contributed by atoms with Gasteiger partial charge in [0, 0.05) is 38.7 Å². The fourth-order valence-corrected chi connectivity index (χ4v) is 4.78. The molecule has 2 aromatic carbocycles. The third-order valence-electron chi connectivity index (χ3n) is 7.49. The van der Waals surface area contributed by atoms with Crippen molar-refractivity contribution < 1.29 is 23.9 Å². The van der Waals surface area contributed by atoms with Gasteiger partial charge in [0.15, 0.2) is 5.82 Å². The Kier molecular flexibility index (Phi) is 11.3. The number of nitrogens with one attached hydrogen (secondary N) is 2. The van der Waals surface area contributed by atoms with Gasteiger partial charge in [-0.15, -0.1) is 0 Å². The van der Waals surface area contributed by atoms with Crippen LogP contribution in [0.2, 0.25) is 0 Å². The van der Waals surface area contributed by atoms with Crippen molar-refractivity contribution in [2.45, 2.75) is 38.8 Å². The van der Waals surface area contributed by atoms with Crippen molar-refractivity contribution in [1.29, 1.82) is 0 Å². The molecule has 1 fully saturated rings. The van der Waals surface area contributed by atoms with Crippen LogP contribution in [0.5, 0.6) is 5.75 Å². The minimum absolute atomic E-state index is 0.160. The number of hydrogen-bond acceptors (Lipinski definition) is 11. The third-order valence-corrected chi connectivity index (χ3v) is 7.49. The molecule has 1 unspecified atom stereocenters. The Morgan fingerprint density at radius 3 is 2.67 bits per heavy atom. The van der Waals surface area contributed by atoms with Gasteiger partial charge >= 0.3 is 5.97 Å². The van der Waals surface area contributed by atoms with Crippen molar-refractivity contribution in [1.82, 2.24) is 14.9 Å². The van der Waals surface area contributed by atoms with E-state index in [-0.39, 0.29) is 24.0 Å². The number of anilines is 5. The summed E-state index contributed by atoms with van der Waals surface area (Å²) in [6, 6.07) is 12.7. The first-order valence-electron chi connectivity index (χ1n) is 15.0. The molecule has 12 heteroatoms. The second-order valence-corrected chi connectivity index (χ2v) is 11.1. The summed E-state index contributed by atoms with van der Waals surface area (Å²) in [7, 11) is 7.57. The number of hydrogen-bond donors (Lipinski definition) is 2. The van der Waals surface area contributed by atoms with Crippen LogP contribution >= 0.6 is 0 Å². The van der Waals surface area contributed by atoms with E-state index in [4.69, 9.17) is 14.3 Å². The lowest BCUT2D eigenvalue weighted by atomic mass is 10.0. The fourth-order valence-electron chi connectivity index (χ4n) is 4.78. The molecule has 1 amide bonds. The second kappa shape index (κ2) is 15.4. The van der Waals surface area contributed by atoms with Crippen molar-refractivity contribution >= 4 is 40.6 Å². The summed E-state index contributed by atoms with van der Waals surface area (Å²) in [6.07, 6.45) is 3.97. The number of hydroxylamine groups is 1. The largest absolute Gasteiger partial charge is 0.494 e. The van der Waals surface area contributed by atoms with Crippen LogP contribution in [0.1, 0.15) is 48.7 Å². The molecule has 2 N–H and O–H groups in total. The monoisotopic (exact) mass is 617 g/mol. The second-order valence-electron chi connectivity index (χ2n) is 11.1. The van der Waals surface area contributed by atoms with Gasteiger partial charge in [-0.05, 0) is 57.3 Å². The SMILES string of the molecule is C=CC(=O)Nc1cc(Nc2cc(N3OCC[C@@H]3c3cccc(C(=O)OC(C)CC)c3)ncn2)c(OC)cc1N(C)CCN(C)C. The number of ether oxygens (including phenoxy) is 2. The molecule has 2 heterocycles. The predicted molar refractivity (Wildman–Crippen MR) is 176 cm³/mol. The Hall–Kier alpha value is -4.68. The highest BCUT2D eigenvalue weighted by Gasteiger charge is 2.30. The first-order valence-corrected chi connectivity index (χ1v) is 15.0. The lowest BCUT2D eigenvalue weighted by Crippen LogP contribution is -2.29. The van der Waals surface area contributed by atoms with Gasteiger partial charge in [0.1, 0.15) is 17.9 Å². The first-order chi connectivity index (χ1) is 21.6. The van der Waals surface area contributed by atoms with Crippen molar-refractivity contribution in [3.05, 3.63) is 72.6 Å². The number of carbonyl (C=O) groups excluding carboxylic acids is 2. The molecule has 0 bridgehead atoms. The van der Waals surface area contributed by atoms with E-state index in [1.54, 1.807) is 24.3 Å². The van der Waals surface area contributed by atoms with Crippen LogP contribution in [-0.4, -0.2) is 80.8 Å². The number of nitrogens with zero attached hydrogens (tertiary/aromatic N) is 5. The van der Waals surface area contributed by atoms with Crippen molar-refractivity contribution in [3.63, 3.8) is 0 Å². The van der Waals surface area contributed by atoms with Gasteiger partial charge in [-0.2, -0.15) is 0 Å². The smallest absolute Gasteiger partial charge is 0.338 e. The van der Waals surface area contributed by atoms with Crippen molar-refractivity contribution in [2.24, 2.45) is 0 Å². The van der Waals surface area contributed by atoms with Gasteiger partial charge in [0.25, 0.3) is 0 Å². The molecule has 12 nitrogen and oxygen atoms in total. The van der Waals surface area contributed by atoms with Crippen LogP contribution in [0.3, 0.4) is 0 Å². The summed E-state index contributed by atoms with van der Waals surface area (Å²) in [6.45, 7) is 9.48. The molecular formula is C33H43N7O5. The fraction of sp³-hybridized carbons (Fsp3) is 0.394.